The Kier molecular flexibility index (Phi) is 8.64. The van der Waals surface area contributed by atoms with Crippen molar-refractivity contribution in [2.75, 3.05) is 39.4 Å². The monoisotopic (exact) mass is 559 g/mol. The molecule has 2 amide bonds. The molecule has 0 radical (unpaired) electrons. The average Bonchev–Trinajstić information content (AvgIpc) is 3.68. The number of benzene rings is 3. The molecule has 0 saturated carbocycles. The average molecular weight is 560 g/mol. The Morgan fingerprint density at radius 1 is 1.02 bits per heavy atom. The molecule has 41 heavy (non-hydrogen) atoms. The van der Waals surface area contributed by atoms with Crippen molar-refractivity contribution >= 4 is 28.5 Å². The van der Waals surface area contributed by atoms with Gasteiger partial charge in [-0.15, -0.1) is 5.10 Å². The second-order valence-electron chi connectivity index (χ2n) is 9.60. The van der Waals surface area contributed by atoms with E-state index in [0.717, 1.165) is 12.8 Å². The van der Waals surface area contributed by atoms with E-state index in [-0.39, 0.29) is 24.5 Å². The van der Waals surface area contributed by atoms with E-state index in [2.05, 4.69) is 15.6 Å². The fourth-order valence-electron chi connectivity index (χ4n) is 5.00. The molecule has 0 aliphatic carbocycles. The molecule has 1 aliphatic heterocycles. The lowest BCUT2D eigenvalue weighted by molar-refractivity contribution is -0.127. The topological polar surface area (TPSA) is 117 Å². The molecule has 2 heterocycles. The summed E-state index contributed by atoms with van der Waals surface area (Å²) in [5, 5.41) is 11.4. The Balaban J connectivity index is 1.59. The van der Waals surface area contributed by atoms with Gasteiger partial charge < -0.3 is 24.3 Å². The highest BCUT2D eigenvalue weighted by Gasteiger charge is 2.34. The lowest BCUT2D eigenvalue weighted by atomic mass is 10.0. The van der Waals surface area contributed by atoms with Gasteiger partial charge in [-0.05, 0) is 54.8 Å². The van der Waals surface area contributed by atoms with Crippen LogP contribution in [-0.4, -0.2) is 67.4 Å². The molecule has 0 unspecified atom stereocenters. The smallest absolute Gasteiger partial charge is 0.249 e. The van der Waals surface area contributed by atoms with Crippen LogP contribution in [0.15, 0.2) is 66.7 Å². The van der Waals surface area contributed by atoms with Gasteiger partial charge in [-0.1, -0.05) is 29.5 Å². The van der Waals surface area contributed by atoms with E-state index in [0.29, 0.717) is 52.7 Å². The largest absolute Gasteiger partial charge is 0.497 e. The van der Waals surface area contributed by atoms with E-state index >= 15 is 0 Å². The number of amides is 2. The first-order chi connectivity index (χ1) is 20.0. The summed E-state index contributed by atoms with van der Waals surface area (Å²) in [6.07, 6.45) is 1.74. The number of methoxy groups -OCH3 is 3. The number of hydrogen-bond donors (Lipinski definition) is 1. The van der Waals surface area contributed by atoms with E-state index in [4.69, 9.17) is 18.9 Å². The minimum Gasteiger partial charge on any atom is -0.497 e. The van der Waals surface area contributed by atoms with Crippen molar-refractivity contribution in [2.24, 2.45) is 0 Å². The summed E-state index contributed by atoms with van der Waals surface area (Å²) in [5.74, 6) is 0.722. The van der Waals surface area contributed by atoms with Crippen LogP contribution in [0.5, 0.6) is 17.2 Å². The zero-order chi connectivity index (χ0) is 28.8. The van der Waals surface area contributed by atoms with Crippen LogP contribution in [0, 0.1) is 0 Å². The fourth-order valence-corrected chi connectivity index (χ4v) is 5.00. The number of anilines is 1. The van der Waals surface area contributed by atoms with Gasteiger partial charge in [0.2, 0.25) is 11.8 Å². The molecule has 0 bridgehead atoms. The standard InChI is InChI=1S/C30H33N5O6/c1-38-22-9-6-8-20(16-22)29(30(37)31-18-23-10-7-15-41-23)35(21-13-14-26(39-2)27(17-21)40-3)28(36)19-34-25-12-5-4-11-24(25)32-33-34/h4-6,8-9,11-14,16-17,23,29H,7,10,15,18-19H2,1-3H3,(H,31,37)/t23-,29+/m1/s1. The molecule has 11 nitrogen and oxygen atoms in total. The third-order valence-electron chi connectivity index (χ3n) is 7.06. The van der Waals surface area contributed by atoms with Crippen LogP contribution in [0.2, 0.25) is 0 Å². The van der Waals surface area contributed by atoms with Crippen LogP contribution in [0.1, 0.15) is 24.4 Å². The van der Waals surface area contributed by atoms with Crippen molar-refractivity contribution in [3.63, 3.8) is 0 Å². The normalized spacial score (nSPS) is 15.3. The summed E-state index contributed by atoms with van der Waals surface area (Å²) >= 11 is 0. The summed E-state index contributed by atoms with van der Waals surface area (Å²) in [6, 6.07) is 18.6. The first-order valence-corrected chi connectivity index (χ1v) is 13.4. The van der Waals surface area contributed by atoms with Gasteiger partial charge in [0.1, 0.15) is 23.9 Å². The number of rotatable bonds is 11. The number of nitrogens with one attached hydrogen (secondary N) is 1. The van der Waals surface area contributed by atoms with Crippen molar-refractivity contribution < 1.29 is 28.5 Å². The molecule has 4 aromatic rings. The van der Waals surface area contributed by atoms with Crippen molar-refractivity contribution in [3.05, 3.63) is 72.3 Å². The lowest BCUT2D eigenvalue weighted by Gasteiger charge is -2.32. The van der Waals surface area contributed by atoms with Crippen molar-refractivity contribution in [2.45, 2.75) is 31.5 Å². The number of ether oxygens (including phenoxy) is 4. The van der Waals surface area contributed by atoms with Gasteiger partial charge in [-0.25, -0.2) is 4.68 Å². The Morgan fingerprint density at radius 2 is 1.85 bits per heavy atom. The van der Waals surface area contributed by atoms with Crippen molar-refractivity contribution in [1.82, 2.24) is 20.3 Å². The number of nitrogens with zero attached hydrogens (tertiary/aromatic N) is 4. The van der Waals surface area contributed by atoms with Crippen LogP contribution in [0.3, 0.4) is 0 Å². The summed E-state index contributed by atoms with van der Waals surface area (Å²) in [7, 11) is 4.61. The van der Waals surface area contributed by atoms with Crippen molar-refractivity contribution in [3.8, 4) is 17.2 Å². The summed E-state index contributed by atoms with van der Waals surface area (Å²) in [6.45, 7) is 0.845. The maximum absolute atomic E-state index is 14.3. The highest BCUT2D eigenvalue weighted by molar-refractivity contribution is 6.01. The van der Waals surface area contributed by atoms with E-state index in [1.165, 1.54) is 23.8 Å². The van der Waals surface area contributed by atoms with Crippen LogP contribution in [0.4, 0.5) is 5.69 Å². The molecule has 1 aromatic heterocycles. The van der Waals surface area contributed by atoms with E-state index in [9.17, 15) is 9.59 Å². The minimum absolute atomic E-state index is 0.0725. The Morgan fingerprint density at radius 3 is 2.61 bits per heavy atom. The quantitative estimate of drug-likeness (QED) is 0.297. The molecule has 1 saturated heterocycles. The Labute approximate surface area is 237 Å². The van der Waals surface area contributed by atoms with Gasteiger partial charge in [-0.3, -0.25) is 14.5 Å². The number of carbonyl (C=O) groups is 2. The predicted octanol–water partition coefficient (Wildman–Crippen LogP) is 3.53. The van der Waals surface area contributed by atoms with Crippen molar-refractivity contribution in [1.29, 1.82) is 0 Å². The molecule has 0 spiro atoms. The summed E-state index contributed by atoms with van der Waals surface area (Å²) in [4.78, 5) is 29.7. The van der Waals surface area contributed by atoms with Crippen LogP contribution >= 0.6 is 0 Å². The predicted molar refractivity (Wildman–Crippen MR) is 152 cm³/mol. The number of aromatic nitrogens is 3. The maximum Gasteiger partial charge on any atom is 0.249 e. The Bertz CT molecular complexity index is 1520. The molecular formula is C30H33N5O6. The van der Waals surface area contributed by atoms with E-state index in [1.807, 2.05) is 24.3 Å². The van der Waals surface area contributed by atoms with Gasteiger partial charge in [-0.2, -0.15) is 0 Å². The van der Waals surface area contributed by atoms with Crippen LogP contribution in [-0.2, 0) is 20.9 Å². The third kappa shape index (κ3) is 6.09. The van der Waals surface area contributed by atoms with Gasteiger partial charge in [0.05, 0.1) is 33.0 Å². The molecule has 11 heteroatoms. The van der Waals surface area contributed by atoms with E-state index in [1.54, 1.807) is 49.6 Å². The molecule has 3 aromatic carbocycles. The summed E-state index contributed by atoms with van der Waals surface area (Å²) in [5.41, 5.74) is 2.38. The first kappa shape index (κ1) is 27.9. The van der Waals surface area contributed by atoms with Gasteiger partial charge >= 0.3 is 0 Å². The third-order valence-corrected chi connectivity index (χ3v) is 7.06. The molecule has 1 aliphatic rings. The number of fused-ring (bicyclic) bond motifs is 1. The Hall–Kier alpha value is -4.64. The summed E-state index contributed by atoms with van der Waals surface area (Å²) < 4.78 is 23.7. The van der Waals surface area contributed by atoms with Crippen LogP contribution < -0.4 is 24.4 Å². The number of hydrogen-bond acceptors (Lipinski definition) is 8. The fraction of sp³-hybridized carbons (Fsp3) is 0.333. The molecule has 214 valence electrons. The second-order valence-corrected chi connectivity index (χ2v) is 9.60. The first-order valence-electron chi connectivity index (χ1n) is 13.4. The number of para-hydroxylation sites is 1. The van der Waals surface area contributed by atoms with Gasteiger partial charge in [0.15, 0.2) is 11.5 Å². The SMILES string of the molecule is COc1cccc([C@@H](C(=O)NC[C@H]2CCCO2)N(C(=O)Cn2nnc3ccccc32)c2ccc(OC)c(OC)c2)c1. The van der Waals surface area contributed by atoms with Gasteiger partial charge in [0, 0.05) is 24.9 Å². The highest BCUT2D eigenvalue weighted by Crippen LogP contribution is 2.36. The molecular weight excluding hydrogens is 526 g/mol. The maximum atomic E-state index is 14.3. The second kappa shape index (κ2) is 12.7. The molecule has 5 rings (SSSR count). The number of carbonyl (C=O) groups excluding carboxylic acids is 2. The molecule has 1 fully saturated rings. The highest BCUT2D eigenvalue weighted by atomic mass is 16.5. The van der Waals surface area contributed by atoms with Gasteiger partial charge in [0.25, 0.3) is 0 Å². The van der Waals surface area contributed by atoms with E-state index < -0.39 is 6.04 Å². The zero-order valence-electron chi connectivity index (χ0n) is 23.3. The van der Waals surface area contributed by atoms with Crippen LogP contribution in [0.25, 0.3) is 11.0 Å². The zero-order valence-corrected chi connectivity index (χ0v) is 23.3. The molecule has 2 atom stereocenters. The lowest BCUT2D eigenvalue weighted by Crippen LogP contribution is -2.46. The minimum atomic E-state index is -1.05. The molecule has 1 N–H and O–H groups in total.